The third-order valence-corrected chi connectivity index (χ3v) is 4.80. The van der Waals surface area contributed by atoms with Crippen molar-refractivity contribution in [3.8, 4) is 5.88 Å². The van der Waals surface area contributed by atoms with Crippen molar-refractivity contribution in [2.24, 2.45) is 4.99 Å². The van der Waals surface area contributed by atoms with E-state index in [4.69, 9.17) is 4.74 Å². The van der Waals surface area contributed by atoms with E-state index < -0.39 is 0 Å². The molecule has 0 aromatic carbocycles. The Balaban J connectivity index is 2.00. The van der Waals surface area contributed by atoms with Crippen LogP contribution >= 0.6 is 11.8 Å². The molecule has 122 valence electrons. The van der Waals surface area contributed by atoms with Gasteiger partial charge in [0.1, 0.15) is 0 Å². The van der Waals surface area contributed by atoms with Gasteiger partial charge in [-0.05, 0) is 26.8 Å². The summed E-state index contributed by atoms with van der Waals surface area (Å²) in [6.07, 6.45) is 1.76. The number of nitrogens with zero attached hydrogens (tertiary/aromatic N) is 3. The molecule has 1 saturated heterocycles. The first-order valence-electron chi connectivity index (χ1n) is 7.72. The van der Waals surface area contributed by atoms with Crippen molar-refractivity contribution < 1.29 is 4.74 Å². The number of rotatable bonds is 4. The lowest BCUT2D eigenvalue weighted by Gasteiger charge is -2.39. The van der Waals surface area contributed by atoms with Crippen LogP contribution in [0.4, 0.5) is 0 Å². The molecule has 2 heterocycles. The first kappa shape index (κ1) is 16.9. The molecule has 0 spiro atoms. The molecule has 6 heteroatoms. The standard InChI is InChI=1S/C16H26N4OS/c1-5-21-14-13(7-6-8-18-14)11-19-15(17-4)20-9-10-22-16(2,3)12-20/h6-8H,5,9-12H2,1-4H3,(H,17,19). The van der Waals surface area contributed by atoms with Crippen LogP contribution in [0.25, 0.3) is 0 Å². The molecule has 0 aliphatic carbocycles. The molecule has 0 bridgehead atoms. The molecule has 1 aliphatic rings. The molecule has 0 amide bonds. The normalized spacial score (nSPS) is 18.2. The van der Waals surface area contributed by atoms with Gasteiger partial charge in [0.25, 0.3) is 0 Å². The molecule has 0 unspecified atom stereocenters. The van der Waals surface area contributed by atoms with Gasteiger partial charge >= 0.3 is 0 Å². The fraction of sp³-hybridized carbons (Fsp3) is 0.625. The Kier molecular flexibility index (Phi) is 5.94. The summed E-state index contributed by atoms with van der Waals surface area (Å²) in [6.45, 7) is 9.85. The Bertz CT molecular complexity index is 519. The molecule has 22 heavy (non-hydrogen) atoms. The van der Waals surface area contributed by atoms with Gasteiger partial charge in [-0.1, -0.05) is 6.07 Å². The summed E-state index contributed by atoms with van der Waals surface area (Å²) in [4.78, 5) is 11.0. The highest BCUT2D eigenvalue weighted by Crippen LogP contribution is 2.29. The van der Waals surface area contributed by atoms with Crippen LogP contribution in [-0.2, 0) is 6.54 Å². The summed E-state index contributed by atoms with van der Waals surface area (Å²) in [7, 11) is 1.84. The van der Waals surface area contributed by atoms with Crippen molar-refractivity contribution >= 4 is 17.7 Å². The van der Waals surface area contributed by atoms with E-state index in [1.807, 2.05) is 37.9 Å². The van der Waals surface area contributed by atoms with Crippen molar-refractivity contribution in [3.05, 3.63) is 23.9 Å². The van der Waals surface area contributed by atoms with Gasteiger partial charge in [0, 0.05) is 48.9 Å². The van der Waals surface area contributed by atoms with Crippen molar-refractivity contribution in [1.82, 2.24) is 15.2 Å². The Labute approximate surface area is 137 Å². The average Bonchev–Trinajstić information content (AvgIpc) is 2.49. The SMILES string of the molecule is CCOc1ncccc1CNC(=NC)N1CCSC(C)(C)C1. The molecule has 1 N–H and O–H groups in total. The summed E-state index contributed by atoms with van der Waals surface area (Å²) in [5, 5.41) is 3.44. The van der Waals surface area contributed by atoms with Crippen LogP contribution in [0.3, 0.4) is 0 Å². The lowest BCUT2D eigenvalue weighted by Crippen LogP contribution is -2.50. The summed E-state index contributed by atoms with van der Waals surface area (Å²) in [5.74, 6) is 2.77. The van der Waals surface area contributed by atoms with Gasteiger partial charge in [-0.3, -0.25) is 4.99 Å². The highest BCUT2D eigenvalue weighted by atomic mass is 32.2. The molecule has 2 rings (SSSR count). The number of thioether (sulfide) groups is 1. The van der Waals surface area contributed by atoms with Crippen LogP contribution in [0, 0.1) is 0 Å². The van der Waals surface area contributed by atoms with Gasteiger partial charge in [-0.15, -0.1) is 0 Å². The predicted octanol–water partition coefficient (Wildman–Crippen LogP) is 2.38. The van der Waals surface area contributed by atoms with E-state index in [1.165, 1.54) is 0 Å². The molecule has 0 radical (unpaired) electrons. The summed E-state index contributed by atoms with van der Waals surface area (Å²) < 4.78 is 5.84. The van der Waals surface area contributed by atoms with Crippen LogP contribution in [0.5, 0.6) is 5.88 Å². The molecule has 1 fully saturated rings. The van der Waals surface area contributed by atoms with Gasteiger partial charge < -0.3 is 15.0 Å². The Morgan fingerprint density at radius 1 is 1.55 bits per heavy atom. The number of hydrogen-bond donors (Lipinski definition) is 1. The van der Waals surface area contributed by atoms with Crippen LogP contribution in [0.2, 0.25) is 0 Å². The molecule has 0 saturated carbocycles. The minimum Gasteiger partial charge on any atom is -0.478 e. The molecule has 1 aromatic heterocycles. The number of hydrogen-bond acceptors (Lipinski definition) is 4. The minimum atomic E-state index is 0.265. The van der Waals surface area contributed by atoms with Gasteiger partial charge in [-0.25, -0.2) is 4.98 Å². The number of nitrogens with one attached hydrogen (secondary N) is 1. The smallest absolute Gasteiger partial charge is 0.218 e. The first-order chi connectivity index (χ1) is 10.6. The van der Waals surface area contributed by atoms with Gasteiger partial charge in [0.15, 0.2) is 5.96 Å². The third-order valence-electron chi connectivity index (χ3n) is 3.50. The fourth-order valence-corrected chi connectivity index (χ4v) is 3.64. The van der Waals surface area contributed by atoms with Crippen molar-refractivity contribution in [2.45, 2.75) is 32.1 Å². The Morgan fingerprint density at radius 3 is 3.05 bits per heavy atom. The lowest BCUT2D eigenvalue weighted by molar-refractivity contribution is 0.322. The number of aromatic nitrogens is 1. The second kappa shape index (κ2) is 7.72. The number of aliphatic imine (C=N–C) groups is 1. The molecule has 1 aliphatic heterocycles. The zero-order valence-corrected chi connectivity index (χ0v) is 14.7. The maximum atomic E-state index is 5.57. The predicted molar refractivity (Wildman–Crippen MR) is 93.7 cm³/mol. The topological polar surface area (TPSA) is 49.8 Å². The second-order valence-corrected chi connectivity index (χ2v) is 7.63. The van der Waals surface area contributed by atoms with E-state index in [0.29, 0.717) is 19.0 Å². The Hall–Kier alpha value is -1.43. The number of ether oxygens (including phenoxy) is 1. The third kappa shape index (κ3) is 4.53. The molecule has 5 nitrogen and oxygen atoms in total. The van der Waals surface area contributed by atoms with E-state index >= 15 is 0 Å². The zero-order valence-electron chi connectivity index (χ0n) is 13.9. The summed E-state index contributed by atoms with van der Waals surface area (Å²) >= 11 is 2.02. The zero-order chi connectivity index (χ0) is 16.0. The molecular formula is C16H26N4OS. The molecule has 0 atom stereocenters. The minimum absolute atomic E-state index is 0.265. The first-order valence-corrected chi connectivity index (χ1v) is 8.70. The Morgan fingerprint density at radius 2 is 2.36 bits per heavy atom. The van der Waals surface area contributed by atoms with E-state index in [2.05, 4.69) is 34.0 Å². The van der Waals surface area contributed by atoms with Crippen molar-refractivity contribution in [1.29, 1.82) is 0 Å². The molecule has 1 aromatic rings. The lowest BCUT2D eigenvalue weighted by atomic mass is 10.2. The number of pyridine rings is 1. The summed E-state index contributed by atoms with van der Waals surface area (Å²) in [6, 6.07) is 3.97. The van der Waals surface area contributed by atoms with Gasteiger partial charge in [0.05, 0.1) is 6.61 Å². The maximum absolute atomic E-state index is 5.57. The molecular weight excluding hydrogens is 296 g/mol. The van der Waals surface area contributed by atoms with E-state index in [9.17, 15) is 0 Å². The highest BCUT2D eigenvalue weighted by Gasteiger charge is 2.28. The van der Waals surface area contributed by atoms with E-state index in [-0.39, 0.29) is 4.75 Å². The maximum Gasteiger partial charge on any atom is 0.218 e. The number of guanidine groups is 1. The van der Waals surface area contributed by atoms with Crippen molar-refractivity contribution in [2.75, 3.05) is 32.5 Å². The van der Waals surface area contributed by atoms with E-state index in [1.54, 1.807) is 6.20 Å². The van der Waals surface area contributed by atoms with E-state index in [0.717, 1.165) is 30.4 Å². The fourth-order valence-electron chi connectivity index (χ4n) is 2.53. The average molecular weight is 322 g/mol. The van der Waals surface area contributed by atoms with Gasteiger partial charge in [-0.2, -0.15) is 11.8 Å². The highest BCUT2D eigenvalue weighted by molar-refractivity contribution is 8.00. The van der Waals surface area contributed by atoms with Crippen LogP contribution < -0.4 is 10.1 Å². The van der Waals surface area contributed by atoms with Crippen molar-refractivity contribution in [3.63, 3.8) is 0 Å². The monoisotopic (exact) mass is 322 g/mol. The summed E-state index contributed by atoms with van der Waals surface area (Å²) in [5.41, 5.74) is 1.05. The van der Waals surface area contributed by atoms with Crippen LogP contribution in [0.15, 0.2) is 23.3 Å². The second-order valence-electron chi connectivity index (χ2n) is 5.83. The largest absolute Gasteiger partial charge is 0.478 e. The van der Waals surface area contributed by atoms with Crippen LogP contribution in [0.1, 0.15) is 26.3 Å². The quantitative estimate of drug-likeness (QED) is 0.681. The van der Waals surface area contributed by atoms with Crippen LogP contribution in [-0.4, -0.2) is 53.1 Å². The van der Waals surface area contributed by atoms with Gasteiger partial charge in [0.2, 0.25) is 5.88 Å².